The number of carbonyl (C=O) groups is 2. The first-order chi connectivity index (χ1) is 15.6. The summed E-state index contributed by atoms with van der Waals surface area (Å²) in [5.74, 6) is 0.0543. The second kappa shape index (κ2) is 10.1. The number of nitrogens with two attached hydrogens (primary N) is 1. The van der Waals surface area contributed by atoms with Gasteiger partial charge in [0.15, 0.2) is 0 Å². The standard InChI is InChI=1S/C26H28N4O2/c27-26(32)28-14-15-29-19-25(31)30(18-24(29)16-20-8-3-1-4-9-20)23-13-7-12-22(17-23)21-10-5-2-6-11-21/h1-13,17,24H,14-16,18-19H2,(H3,27,28,32)/t24-/m1/s1. The molecule has 1 heterocycles. The Morgan fingerprint density at radius 1 is 0.938 bits per heavy atom. The smallest absolute Gasteiger partial charge is 0.312 e. The van der Waals surface area contributed by atoms with Crippen LogP contribution in [0.1, 0.15) is 5.56 Å². The van der Waals surface area contributed by atoms with E-state index >= 15 is 0 Å². The first-order valence-corrected chi connectivity index (χ1v) is 10.9. The SMILES string of the molecule is NC(=O)NCCN1CC(=O)N(c2cccc(-c3ccccc3)c2)C[C@H]1Cc1ccccc1. The zero-order valence-corrected chi connectivity index (χ0v) is 18.0. The third kappa shape index (κ3) is 5.34. The predicted molar refractivity (Wildman–Crippen MR) is 127 cm³/mol. The van der Waals surface area contributed by atoms with E-state index < -0.39 is 6.03 Å². The summed E-state index contributed by atoms with van der Waals surface area (Å²) in [7, 11) is 0. The van der Waals surface area contributed by atoms with E-state index in [1.807, 2.05) is 53.4 Å². The van der Waals surface area contributed by atoms with Crippen molar-refractivity contribution in [3.63, 3.8) is 0 Å². The van der Waals surface area contributed by atoms with E-state index in [0.717, 1.165) is 23.2 Å². The molecule has 32 heavy (non-hydrogen) atoms. The summed E-state index contributed by atoms with van der Waals surface area (Å²) < 4.78 is 0. The van der Waals surface area contributed by atoms with Crippen LogP contribution in [0.2, 0.25) is 0 Å². The molecule has 3 aromatic rings. The van der Waals surface area contributed by atoms with Gasteiger partial charge in [0.1, 0.15) is 0 Å². The van der Waals surface area contributed by atoms with Crippen molar-refractivity contribution in [1.82, 2.24) is 10.2 Å². The van der Waals surface area contributed by atoms with Gasteiger partial charge in [0.25, 0.3) is 0 Å². The highest BCUT2D eigenvalue weighted by Gasteiger charge is 2.32. The number of nitrogens with one attached hydrogen (secondary N) is 1. The minimum absolute atomic E-state index is 0.0543. The number of urea groups is 1. The summed E-state index contributed by atoms with van der Waals surface area (Å²) >= 11 is 0. The molecule has 1 aliphatic rings. The third-order valence-corrected chi connectivity index (χ3v) is 5.83. The number of hydrogen-bond donors (Lipinski definition) is 2. The molecule has 0 aliphatic carbocycles. The van der Waals surface area contributed by atoms with Gasteiger partial charge in [-0.25, -0.2) is 4.79 Å². The van der Waals surface area contributed by atoms with E-state index in [0.29, 0.717) is 26.2 Å². The Balaban J connectivity index is 1.56. The van der Waals surface area contributed by atoms with Crippen molar-refractivity contribution in [3.8, 4) is 11.1 Å². The maximum absolute atomic E-state index is 13.1. The number of anilines is 1. The Hall–Kier alpha value is -3.64. The molecule has 0 spiro atoms. The average molecular weight is 429 g/mol. The average Bonchev–Trinajstić information content (AvgIpc) is 2.82. The summed E-state index contributed by atoms with van der Waals surface area (Å²) in [6.07, 6.45) is 0.819. The molecule has 1 aliphatic heterocycles. The monoisotopic (exact) mass is 428 g/mol. The summed E-state index contributed by atoms with van der Waals surface area (Å²) in [6, 6.07) is 28.2. The van der Waals surface area contributed by atoms with Crippen molar-refractivity contribution >= 4 is 17.6 Å². The van der Waals surface area contributed by atoms with Crippen LogP contribution in [0.4, 0.5) is 10.5 Å². The number of piperazine rings is 1. The molecule has 1 saturated heterocycles. The van der Waals surface area contributed by atoms with Gasteiger partial charge in [-0.2, -0.15) is 0 Å². The highest BCUT2D eigenvalue weighted by atomic mass is 16.2. The van der Waals surface area contributed by atoms with Crippen LogP contribution in [0, 0.1) is 0 Å². The Labute approximate surface area is 188 Å². The second-order valence-electron chi connectivity index (χ2n) is 8.03. The summed E-state index contributed by atoms with van der Waals surface area (Å²) in [4.78, 5) is 28.2. The molecule has 3 amide bonds. The molecule has 6 heteroatoms. The quantitative estimate of drug-likeness (QED) is 0.606. The molecule has 164 valence electrons. The van der Waals surface area contributed by atoms with Crippen LogP contribution in [-0.4, -0.2) is 49.1 Å². The molecule has 3 aromatic carbocycles. The molecule has 0 bridgehead atoms. The van der Waals surface area contributed by atoms with Gasteiger partial charge in [0, 0.05) is 31.4 Å². The number of hydrogen-bond acceptors (Lipinski definition) is 3. The molecule has 6 nitrogen and oxygen atoms in total. The minimum Gasteiger partial charge on any atom is -0.352 e. The second-order valence-corrected chi connectivity index (χ2v) is 8.03. The lowest BCUT2D eigenvalue weighted by atomic mass is 10.00. The number of carbonyl (C=O) groups excluding carboxylic acids is 2. The van der Waals surface area contributed by atoms with Gasteiger partial charge in [0.05, 0.1) is 6.54 Å². The number of rotatable bonds is 7. The maximum Gasteiger partial charge on any atom is 0.312 e. The zero-order valence-electron chi connectivity index (χ0n) is 18.0. The molecule has 1 atom stereocenters. The van der Waals surface area contributed by atoms with Crippen LogP contribution in [0.5, 0.6) is 0 Å². The third-order valence-electron chi connectivity index (χ3n) is 5.83. The predicted octanol–water partition coefficient (Wildman–Crippen LogP) is 3.28. The Kier molecular flexibility index (Phi) is 6.82. The fraction of sp³-hybridized carbons (Fsp3) is 0.231. The normalized spacial score (nSPS) is 16.7. The Bertz CT molecular complexity index is 1060. The molecule has 0 saturated carbocycles. The van der Waals surface area contributed by atoms with Crippen molar-refractivity contribution < 1.29 is 9.59 Å². The van der Waals surface area contributed by atoms with E-state index in [4.69, 9.17) is 5.73 Å². The van der Waals surface area contributed by atoms with E-state index in [-0.39, 0.29) is 11.9 Å². The number of amides is 3. The van der Waals surface area contributed by atoms with Crippen molar-refractivity contribution in [1.29, 1.82) is 0 Å². The van der Waals surface area contributed by atoms with Gasteiger partial charge in [-0.15, -0.1) is 0 Å². The number of nitrogens with zero attached hydrogens (tertiary/aromatic N) is 2. The molecule has 4 rings (SSSR count). The fourth-order valence-electron chi connectivity index (χ4n) is 4.21. The Morgan fingerprint density at radius 3 is 2.34 bits per heavy atom. The van der Waals surface area contributed by atoms with Crippen LogP contribution in [-0.2, 0) is 11.2 Å². The minimum atomic E-state index is -0.549. The lowest BCUT2D eigenvalue weighted by Crippen LogP contribution is -2.58. The highest BCUT2D eigenvalue weighted by Crippen LogP contribution is 2.27. The largest absolute Gasteiger partial charge is 0.352 e. The molecule has 0 radical (unpaired) electrons. The van der Waals surface area contributed by atoms with Gasteiger partial charge in [-0.3, -0.25) is 9.69 Å². The lowest BCUT2D eigenvalue weighted by molar-refractivity contribution is -0.122. The van der Waals surface area contributed by atoms with Crippen LogP contribution < -0.4 is 16.0 Å². The zero-order chi connectivity index (χ0) is 22.3. The van der Waals surface area contributed by atoms with Gasteiger partial charge in [0.2, 0.25) is 5.91 Å². The topological polar surface area (TPSA) is 78.7 Å². The van der Waals surface area contributed by atoms with Gasteiger partial charge >= 0.3 is 6.03 Å². The van der Waals surface area contributed by atoms with Crippen LogP contribution >= 0.6 is 0 Å². The van der Waals surface area contributed by atoms with Crippen LogP contribution in [0.25, 0.3) is 11.1 Å². The van der Waals surface area contributed by atoms with E-state index in [1.54, 1.807) is 0 Å². The van der Waals surface area contributed by atoms with Gasteiger partial charge in [-0.1, -0.05) is 72.8 Å². The van der Waals surface area contributed by atoms with Gasteiger partial charge < -0.3 is 16.0 Å². The molecular formula is C26H28N4O2. The number of primary amides is 1. The molecule has 1 fully saturated rings. The first kappa shape index (κ1) is 21.6. The van der Waals surface area contributed by atoms with E-state index in [9.17, 15) is 9.59 Å². The summed E-state index contributed by atoms with van der Waals surface area (Å²) in [5, 5.41) is 2.63. The first-order valence-electron chi connectivity index (χ1n) is 10.9. The van der Waals surface area contributed by atoms with Crippen molar-refractivity contribution in [3.05, 3.63) is 90.5 Å². The van der Waals surface area contributed by atoms with E-state index in [2.05, 4.69) is 46.6 Å². The van der Waals surface area contributed by atoms with Crippen molar-refractivity contribution in [2.75, 3.05) is 31.1 Å². The maximum atomic E-state index is 13.1. The van der Waals surface area contributed by atoms with Crippen molar-refractivity contribution in [2.24, 2.45) is 5.73 Å². The molecule has 0 aromatic heterocycles. The molecule has 0 unspecified atom stereocenters. The molecule has 3 N–H and O–H groups in total. The van der Waals surface area contributed by atoms with Crippen LogP contribution in [0.3, 0.4) is 0 Å². The Morgan fingerprint density at radius 2 is 1.62 bits per heavy atom. The van der Waals surface area contributed by atoms with Crippen molar-refractivity contribution in [2.45, 2.75) is 12.5 Å². The summed E-state index contributed by atoms with van der Waals surface area (Å²) in [5.41, 5.74) is 9.55. The lowest BCUT2D eigenvalue weighted by Gasteiger charge is -2.41. The summed E-state index contributed by atoms with van der Waals surface area (Å²) in [6.45, 7) is 1.87. The molecular weight excluding hydrogens is 400 g/mol. The highest BCUT2D eigenvalue weighted by molar-refractivity contribution is 5.96. The van der Waals surface area contributed by atoms with Gasteiger partial charge in [-0.05, 0) is 35.2 Å². The van der Waals surface area contributed by atoms with Crippen LogP contribution in [0.15, 0.2) is 84.9 Å². The fourth-order valence-corrected chi connectivity index (χ4v) is 4.21. The number of benzene rings is 3. The van der Waals surface area contributed by atoms with E-state index in [1.165, 1.54) is 5.56 Å².